The van der Waals surface area contributed by atoms with Crippen LogP contribution in [-0.4, -0.2) is 296 Å². The molecule has 0 spiro atoms. The normalized spacial score (nSPS) is 40.1. The Kier molecular flexibility index (Phi) is 34.1. The first-order valence-corrected chi connectivity index (χ1v) is 56.7. The van der Waals surface area contributed by atoms with Crippen LogP contribution >= 0.6 is 0 Å². The van der Waals surface area contributed by atoms with Gasteiger partial charge in [0, 0.05) is 44.4 Å². The van der Waals surface area contributed by atoms with Crippen LogP contribution in [0.3, 0.4) is 0 Å². The molecule has 10 heteroatoms. The molecule has 3 aromatic carbocycles. The Balaban J connectivity index is 0.000000152. The highest BCUT2D eigenvalue weighted by Gasteiger charge is 2.71. The zero-order valence-corrected chi connectivity index (χ0v) is 98.8. The van der Waals surface area contributed by atoms with E-state index in [9.17, 15) is 0 Å². The lowest BCUT2D eigenvalue weighted by Crippen LogP contribution is -2.61. The van der Waals surface area contributed by atoms with Crippen LogP contribution in [0.15, 0.2) is 66.7 Å². The predicted octanol–water partition coefficient (Wildman–Crippen LogP) is 24.8. The van der Waals surface area contributed by atoms with Crippen molar-refractivity contribution in [3.8, 4) is 0 Å². The van der Waals surface area contributed by atoms with Crippen LogP contribution in [0.1, 0.15) is 252 Å². The van der Waals surface area contributed by atoms with Gasteiger partial charge in [-0.3, -0.25) is 0 Å². The van der Waals surface area contributed by atoms with Gasteiger partial charge in [0.15, 0.2) is 0 Å². The molecule has 17 rings (SSSR count). The number of benzene rings is 3. The van der Waals surface area contributed by atoms with Crippen LogP contribution < -0.4 is 0 Å². The van der Waals surface area contributed by atoms with Gasteiger partial charge in [-0.25, -0.2) is 0 Å². The van der Waals surface area contributed by atoms with Crippen LogP contribution in [0.4, 0.5) is 0 Å². The van der Waals surface area contributed by atoms with E-state index in [2.05, 4.69) is 396 Å². The van der Waals surface area contributed by atoms with Crippen LogP contribution in [0.2, 0.25) is 0 Å². The molecule has 35 unspecified atom stereocenters. The van der Waals surface area contributed by atoms with Crippen molar-refractivity contribution in [3.63, 3.8) is 0 Å². The standard InChI is InChI=1S/C23H40N2.C20H32N.C19H40N2.C19H30N.C17H36N2.C14H28N.C13H26N/c1-16-17(2)22-12-20(16)13-23(22)21-10-18(14-24(3,4)5)9-19(11-21)15-25(6,7)8;1-14-15(2)20-12-18(14)11-19(20)10-16-6-8-17(9-7-16)13-21(3,4)5;1-14-15(2)17-11-16(14)18(3,12-20(5,6)7)19(17,4)13-21(8,9)10;1-13-14(2)18-10-17(13)11-19(18)16-8-6-15(7-9-16)12-20(3,4)5;1-13-14(2)16-9-15(13)10-17(16,11-18(3,4)5)12-19(6,7)8;1-10-11(2)13-7-12(10)8-14(13,3)9-15(4,5)6;1-9-10(2)13-7-11(9)6-12(13)8-14(3,4)5/h9-11,16-17,20,22-23H,12-15H2,1-8H3;6-9,14-15,18-20H,10-13H2,1-5H3;14-17H,11-13H2,1-10H3;6-9,13-14,17-19H,10-12H2,1-5H3;13-16H,9-12H2,1-8H3;10-13H,7-9H2,1-6H3;9-13H,6-8H2,1-5H3/q+2;+1;+2;+1;+2;2*+1. The lowest BCUT2D eigenvalue weighted by Gasteiger charge is -2.56. The lowest BCUT2D eigenvalue weighted by atomic mass is 9.52. The molecule has 14 bridgehead atoms. The monoisotopic (exact) mass is 1870 g/mol. The summed E-state index contributed by atoms with van der Waals surface area (Å²) in [5, 5.41) is 0. The van der Waals surface area contributed by atoms with Crippen molar-refractivity contribution >= 4 is 0 Å². The third-order valence-electron chi connectivity index (χ3n) is 41.9. The molecular formula is C125H232N10+10. The molecule has 3 aromatic rings. The molecule has 0 heterocycles. The largest absolute Gasteiger partial charge is 0.331 e. The van der Waals surface area contributed by atoms with Gasteiger partial charge in [-0.2, -0.15) is 0 Å². The molecule has 14 fully saturated rings. The fourth-order valence-electron chi connectivity index (χ4n) is 36.2. The van der Waals surface area contributed by atoms with Crippen LogP contribution in [0.25, 0.3) is 0 Å². The summed E-state index contributed by atoms with van der Waals surface area (Å²) in [5.41, 5.74) is 12.9. The van der Waals surface area contributed by atoms with Crippen molar-refractivity contribution in [1.82, 2.24) is 0 Å². The van der Waals surface area contributed by atoms with Gasteiger partial charge in [0.05, 0.1) is 256 Å². The number of quaternary nitrogens is 10. The maximum Gasteiger partial charge on any atom is 0.104 e. The highest BCUT2D eigenvalue weighted by Crippen LogP contribution is 2.72. The molecule has 14 aliphatic carbocycles. The molecule has 0 aliphatic heterocycles. The SMILES string of the molecule is CC1C(C)C2CC1C(C)(C[N+](C)(C)C)C2(C)C[N+](C)(C)C.CC1C2CC(C1C)C(C)(C[N+](C)(C)C)C2.CC1C2CC(C1C)C(C[N+](C)(C)C)(C[N+](C)(C)C)C2.CC1C2CC(C[N+](C)(C)C)C(C2)C1C.CC1C2CC(Cc3ccc(C[N+](C)(C)C)cc3)C(C2)C1C.CC1C2CC(c3cc(C[N+](C)(C)C)cc(C[N+](C)(C)C)c3)C(C2)C1C.CC1C2CC(c3ccc(C[N+](C)(C)C)cc3)C(C2)C1C. The van der Waals surface area contributed by atoms with Gasteiger partial charge in [-0.1, -0.05) is 166 Å². The second-order valence-corrected chi connectivity index (χ2v) is 63.6. The molecule has 135 heavy (non-hydrogen) atoms. The number of hydrogen-bond donors (Lipinski definition) is 0. The van der Waals surface area contributed by atoms with E-state index in [0.717, 1.165) is 260 Å². The minimum atomic E-state index is 0.466. The van der Waals surface area contributed by atoms with E-state index in [4.69, 9.17) is 0 Å². The summed E-state index contributed by atoms with van der Waals surface area (Å²) in [7, 11) is 69.8. The Bertz CT molecular complexity index is 4170. The number of nitrogens with zero attached hydrogens (tertiary/aromatic N) is 10. The Morgan fingerprint density at radius 2 is 0.533 bits per heavy atom. The summed E-state index contributed by atoms with van der Waals surface area (Å²) >= 11 is 0. The molecule has 0 N–H and O–H groups in total. The predicted molar refractivity (Wildman–Crippen MR) is 584 cm³/mol. The molecular weight excluding hydrogens is 1640 g/mol. The van der Waals surface area contributed by atoms with E-state index in [1.54, 1.807) is 16.7 Å². The molecule has 0 aromatic heterocycles. The first kappa shape index (κ1) is 113. The first-order chi connectivity index (χ1) is 61.4. The number of fused-ring (bicyclic) bond motifs is 14. The van der Waals surface area contributed by atoms with Gasteiger partial charge in [0.2, 0.25) is 0 Å². The van der Waals surface area contributed by atoms with Gasteiger partial charge < -0.3 is 44.8 Å². The highest BCUT2D eigenvalue weighted by molar-refractivity contribution is 5.35. The van der Waals surface area contributed by atoms with Crippen molar-refractivity contribution in [2.45, 2.75) is 246 Å². The summed E-state index contributed by atoms with van der Waals surface area (Å²) in [6.07, 6.45) is 20.6. The van der Waals surface area contributed by atoms with Crippen molar-refractivity contribution in [3.05, 3.63) is 106 Å². The van der Waals surface area contributed by atoms with Crippen LogP contribution in [0, 0.1) is 199 Å². The van der Waals surface area contributed by atoms with Gasteiger partial charge in [0.25, 0.3) is 0 Å². The Morgan fingerprint density at radius 3 is 0.859 bits per heavy atom. The summed E-state index contributed by atoms with van der Waals surface area (Å²) in [4.78, 5) is 0. The zero-order valence-electron chi connectivity index (χ0n) is 98.8. The molecule has 0 amide bonds. The Morgan fingerprint density at radius 1 is 0.230 bits per heavy atom. The molecule has 14 saturated carbocycles. The summed E-state index contributed by atoms with van der Waals surface area (Å²) in [5.74, 6) is 30.6. The van der Waals surface area contributed by atoms with E-state index in [0.29, 0.717) is 21.7 Å². The average Bonchev–Trinajstić information content (AvgIpc) is 1.52. The Labute approximate surface area is 840 Å². The highest BCUT2D eigenvalue weighted by atomic mass is 15.3. The van der Waals surface area contributed by atoms with Crippen molar-refractivity contribution in [2.24, 2.45) is 199 Å². The molecule has 10 nitrogen and oxygen atoms in total. The first-order valence-electron chi connectivity index (χ1n) is 56.7. The fourth-order valence-corrected chi connectivity index (χ4v) is 36.2. The molecule has 772 valence electrons. The van der Waals surface area contributed by atoms with Crippen molar-refractivity contribution < 1.29 is 44.8 Å². The Hall–Kier alpha value is -2.74. The molecule has 35 atom stereocenters. The maximum atomic E-state index is 2.62. The van der Waals surface area contributed by atoms with Gasteiger partial charge >= 0.3 is 0 Å². The van der Waals surface area contributed by atoms with E-state index in [1.165, 1.54) is 151 Å². The average molecular weight is 1880 g/mol. The van der Waals surface area contributed by atoms with Gasteiger partial charge in [-0.15, -0.1) is 0 Å². The van der Waals surface area contributed by atoms with Crippen LogP contribution in [0.5, 0.6) is 0 Å². The maximum absolute atomic E-state index is 2.62. The second-order valence-electron chi connectivity index (χ2n) is 63.6. The minimum Gasteiger partial charge on any atom is -0.331 e. The number of hydrogen-bond acceptors (Lipinski definition) is 0. The zero-order chi connectivity index (χ0) is 101. The third kappa shape index (κ3) is 27.3. The topological polar surface area (TPSA) is 0 Å². The lowest BCUT2D eigenvalue weighted by molar-refractivity contribution is -0.904. The summed E-state index contributed by atoms with van der Waals surface area (Å²) in [6.45, 7) is 55.2. The van der Waals surface area contributed by atoms with Gasteiger partial charge in [0.1, 0.15) is 26.2 Å². The quantitative estimate of drug-likeness (QED) is 0.0784. The summed E-state index contributed by atoms with van der Waals surface area (Å²) in [6, 6.07) is 26.6. The van der Waals surface area contributed by atoms with Crippen molar-refractivity contribution in [2.75, 3.05) is 251 Å². The van der Waals surface area contributed by atoms with Crippen molar-refractivity contribution in [1.29, 1.82) is 0 Å². The van der Waals surface area contributed by atoms with E-state index in [-0.39, 0.29) is 0 Å². The van der Waals surface area contributed by atoms with E-state index < -0.39 is 0 Å². The smallest absolute Gasteiger partial charge is 0.104 e. The van der Waals surface area contributed by atoms with E-state index >= 15 is 0 Å². The van der Waals surface area contributed by atoms with Gasteiger partial charge in [-0.05, 0) is 308 Å². The minimum absolute atomic E-state index is 0.466. The molecule has 14 aliphatic rings. The molecule has 0 saturated heterocycles. The molecule has 0 radical (unpaired) electrons. The van der Waals surface area contributed by atoms with E-state index in [1.807, 2.05) is 0 Å². The van der Waals surface area contributed by atoms with Crippen LogP contribution in [-0.2, 0) is 32.6 Å². The summed E-state index contributed by atoms with van der Waals surface area (Å²) < 4.78 is 10.7. The second kappa shape index (κ2) is 40.9. The third-order valence-corrected chi connectivity index (χ3v) is 41.9. The fraction of sp³-hybridized carbons (Fsp3) is 0.856. The number of rotatable bonds is 24.